The maximum atomic E-state index is 11.9. The zero-order valence-corrected chi connectivity index (χ0v) is 18.2. The van der Waals surface area contributed by atoms with Crippen molar-refractivity contribution >= 4 is 17.6 Å². The van der Waals surface area contributed by atoms with Crippen LogP contribution in [0.5, 0.6) is 0 Å². The van der Waals surface area contributed by atoms with Gasteiger partial charge in [-0.2, -0.15) is 0 Å². The summed E-state index contributed by atoms with van der Waals surface area (Å²) in [5.74, 6) is 0.886. The smallest absolute Gasteiger partial charge is 0.225 e. The van der Waals surface area contributed by atoms with E-state index in [4.69, 9.17) is 0 Å². The number of anilines is 1. The summed E-state index contributed by atoms with van der Waals surface area (Å²) in [5.41, 5.74) is 2.22. The molecule has 6 nitrogen and oxygen atoms in total. The molecule has 2 rings (SSSR count). The Balaban J connectivity index is 1.79. The van der Waals surface area contributed by atoms with Crippen LogP contribution >= 0.6 is 0 Å². The van der Waals surface area contributed by atoms with Crippen LogP contribution in [0.25, 0.3) is 0 Å². The van der Waals surface area contributed by atoms with Gasteiger partial charge in [-0.3, -0.25) is 9.79 Å². The number of amides is 1. The lowest BCUT2D eigenvalue weighted by atomic mass is 9.96. The summed E-state index contributed by atoms with van der Waals surface area (Å²) in [6.45, 7) is 10.1. The molecule has 6 heteroatoms. The zero-order valence-electron chi connectivity index (χ0n) is 18.2. The Bertz CT molecular complexity index is 642. The molecule has 1 heterocycles. The maximum Gasteiger partial charge on any atom is 0.225 e. The van der Waals surface area contributed by atoms with Gasteiger partial charge in [-0.1, -0.05) is 32.9 Å². The highest BCUT2D eigenvalue weighted by molar-refractivity contribution is 5.81. The van der Waals surface area contributed by atoms with E-state index in [1.165, 1.54) is 43.6 Å². The predicted molar refractivity (Wildman–Crippen MR) is 118 cm³/mol. The van der Waals surface area contributed by atoms with Gasteiger partial charge in [0.15, 0.2) is 5.96 Å². The quantitative estimate of drug-likeness (QED) is 0.448. The second-order valence-corrected chi connectivity index (χ2v) is 8.55. The lowest BCUT2D eigenvalue weighted by molar-refractivity contribution is -0.128. The average Bonchev–Trinajstić information content (AvgIpc) is 2.68. The topological polar surface area (TPSA) is 60.0 Å². The van der Waals surface area contributed by atoms with E-state index in [2.05, 4.69) is 49.7 Å². The van der Waals surface area contributed by atoms with E-state index in [1.807, 2.05) is 27.8 Å². The number of benzene rings is 1. The Hall–Kier alpha value is -2.24. The first-order chi connectivity index (χ1) is 13.3. The van der Waals surface area contributed by atoms with Crippen LogP contribution in [0.3, 0.4) is 0 Å². The summed E-state index contributed by atoms with van der Waals surface area (Å²) in [7, 11) is 3.81. The third-order valence-corrected chi connectivity index (χ3v) is 5.03. The van der Waals surface area contributed by atoms with Crippen LogP contribution in [0.4, 0.5) is 5.69 Å². The monoisotopic (exact) mass is 387 g/mol. The first-order valence-electron chi connectivity index (χ1n) is 10.4. The van der Waals surface area contributed by atoms with Gasteiger partial charge in [0.25, 0.3) is 0 Å². The largest absolute Gasteiger partial charge is 0.372 e. The number of piperidine rings is 1. The van der Waals surface area contributed by atoms with E-state index in [1.54, 1.807) is 7.05 Å². The number of aliphatic imine (C=N–C) groups is 1. The van der Waals surface area contributed by atoms with Crippen LogP contribution in [0.1, 0.15) is 45.6 Å². The zero-order chi connectivity index (χ0) is 20.6. The molecule has 1 amide bonds. The molecule has 1 aromatic rings. The summed E-state index contributed by atoms with van der Waals surface area (Å²) in [6, 6.07) is 8.87. The minimum absolute atomic E-state index is 0.0615. The molecule has 1 aliphatic heterocycles. The molecule has 1 aliphatic rings. The molecule has 0 atom stereocenters. The lowest BCUT2D eigenvalue weighted by Gasteiger charge is -2.29. The molecule has 28 heavy (non-hydrogen) atoms. The second-order valence-electron chi connectivity index (χ2n) is 8.55. The molecule has 1 fully saturated rings. The van der Waals surface area contributed by atoms with E-state index >= 15 is 0 Å². The number of nitrogens with zero attached hydrogens (tertiary/aromatic N) is 3. The average molecular weight is 388 g/mol. The number of hydrogen-bond donors (Lipinski definition) is 2. The molecule has 0 bridgehead atoms. The Labute approximate surface area is 170 Å². The van der Waals surface area contributed by atoms with Gasteiger partial charge in [-0.25, -0.2) is 0 Å². The van der Waals surface area contributed by atoms with Crippen molar-refractivity contribution in [1.29, 1.82) is 0 Å². The third-order valence-electron chi connectivity index (χ3n) is 5.03. The molecule has 0 radical (unpaired) electrons. The van der Waals surface area contributed by atoms with Crippen LogP contribution in [0.2, 0.25) is 0 Å². The van der Waals surface area contributed by atoms with Gasteiger partial charge >= 0.3 is 0 Å². The highest BCUT2D eigenvalue weighted by Crippen LogP contribution is 2.20. The van der Waals surface area contributed by atoms with Gasteiger partial charge in [0.1, 0.15) is 0 Å². The van der Waals surface area contributed by atoms with Crippen molar-refractivity contribution in [2.75, 3.05) is 45.2 Å². The standard InChI is InChI=1S/C22H37N5O/c1-22(2,3)20(28)24-13-14-25-21(23-4)26(5)17-18-9-11-19(12-10-18)27-15-7-6-8-16-27/h9-12H,6-8,13-17H2,1-5H3,(H,23,25)(H,24,28). The van der Waals surface area contributed by atoms with Crippen molar-refractivity contribution in [2.45, 2.75) is 46.6 Å². The fraction of sp³-hybridized carbons (Fsp3) is 0.636. The number of carbonyl (C=O) groups excluding carboxylic acids is 1. The van der Waals surface area contributed by atoms with Crippen molar-refractivity contribution in [3.63, 3.8) is 0 Å². The SMILES string of the molecule is CN=C(NCCNC(=O)C(C)(C)C)N(C)Cc1ccc(N2CCCCC2)cc1. The van der Waals surface area contributed by atoms with Crippen molar-refractivity contribution in [2.24, 2.45) is 10.4 Å². The Morgan fingerprint density at radius 1 is 1.07 bits per heavy atom. The number of guanidine groups is 1. The van der Waals surface area contributed by atoms with Crippen molar-refractivity contribution in [3.8, 4) is 0 Å². The Kier molecular flexibility index (Phi) is 8.15. The first-order valence-corrected chi connectivity index (χ1v) is 10.4. The van der Waals surface area contributed by atoms with Crippen LogP contribution in [0, 0.1) is 5.41 Å². The number of nitrogens with one attached hydrogen (secondary N) is 2. The summed E-state index contributed by atoms with van der Waals surface area (Å²) in [4.78, 5) is 20.8. The van der Waals surface area contributed by atoms with Crippen LogP contribution in [0.15, 0.2) is 29.3 Å². The fourth-order valence-corrected chi connectivity index (χ4v) is 3.31. The van der Waals surface area contributed by atoms with Gasteiger partial charge in [0.05, 0.1) is 0 Å². The second kappa shape index (κ2) is 10.3. The molecule has 1 saturated heterocycles. The van der Waals surface area contributed by atoms with Gasteiger partial charge < -0.3 is 20.4 Å². The van der Waals surface area contributed by atoms with E-state index in [0.717, 1.165) is 12.5 Å². The highest BCUT2D eigenvalue weighted by atomic mass is 16.2. The van der Waals surface area contributed by atoms with Crippen LogP contribution in [-0.2, 0) is 11.3 Å². The number of hydrogen-bond acceptors (Lipinski definition) is 3. The summed E-state index contributed by atoms with van der Waals surface area (Å²) in [5, 5.41) is 6.26. The van der Waals surface area contributed by atoms with E-state index < -0.39 is 0 Å². The molecule has 0 aromatic heterocycles. The minimum atomic E-state index is -0.362. The minimum Gasteiger partial charge on any atom is -0.372 e. The van der Waals surface area contributed by atoms with Gasteiger partial charge in [0, 0.05) is 57.9 Å². The molecule has 0 spiro atoms. The summed E-state index contributed by atoms with van der Waals surface area (Å²) >= 11 is 0. The molecular formula is C22H37N5O. The molecule has 156 valence electrons. The Morgan fingerprint density at radius 2 is 1.68 bits per heavy atom. The molecule has 0 aliphatic carbocycles. The summed E-state index contributed by atoms with van der Waals surface area (Å²) in [6.07, 6.45) is 3.94. The number of rotatable bonds is 6. The van der Waals surface area contributed by atoms with E-state index in [9.17, 15) is 4.79 Å². The van der Waals surface area contributed by atoms with Gasteiger partial charge in [-0.15, -0.1) is 0 Å². The molecule has 0 unspecified atom stereocenters. The summed E-state index contributed by atoms with van der Waals surface area (Å²) < 4.78 is 0. The van der Waals surface area contributed by atoms with E-state index in [0.29, 0.717) is 13.1 Å². The molecule has 1 aromatic carbocycles. The third kappa shape index (κ3) is 6.73. The van der Waals surface area contributed by atoms with Crippen molar-refractivity contribution in [3.05, 3.63) is 29.8 Å². The fourth-order valence-electron chi connectivity index (χ4n) is 3.31. The normalized spacial score (nSPS) is 15.3. The van der Waals surface area contributed by atoms with Crippen LogP contribution < -0.4 is 15.5 Å². The maximum absolute atomic E-state index is 11.9. The molecule has 0 saturated carbocycles. The number of carbonyl (C=O) groups is 1. The van der Waals surface area contributed by atoms with E-state index in [-0.39, 0.29) is 11.3 Å². The van der Waals surface area contributed by atoms with Crippen molar-refractivity contribution in [1.82, 2.24) is 15.5 Å². The van der Waals surface area contributed by atoms with Crippen molar-refractivity contribution < 1.29 is 4.79 Å². The first kappa shape index (κ1) is 22.1. The van der Waals surface area contributed by atoms with Gasteiger partial charge in [0.2, 0.25) is 5.91 Å². The lowest BCUT2D eigenvalue weighted by Crippen LogP contribution is -2.43. The molecule has 2 N–H and O–H groups in total. The predicted octanol–water partition coefficient (Wildman–Crippen LogP) is 2.85. The van der Waals surface area contributed by atoms with Crippen LogP contribution in [-0.4, -0.2) is 57.0 Å². The highest BCUT2D eigenvalue weighted by Gasteiger charge is 2.20. The Morgan fingerprint density at radius 3 is 2.25 bits per heavy atom. The van der Waals surface area contributed by atoms with Gasteiger partial charge in [-0.05, 0) is 37.0 Å². The molecular weight excluding hydrogens is 350 g/mol.